The van der Waals surface area contributed by atoms with E-state index in [-0.39, 0.29) is 17.1 Å². The maximum Gasteiger partial charge on any atom is 0.306 e. The summed E-state index contributed by atoms with van der Waals surface area (Å²) in [6, 6.07) is 0. The van der Waals surface area contributed by atoms with Gasteiger partial charge in [0.15, 0.2) is 0 Å². The molecule has 0 aromatic carbocycles. The normalized spacial score (nSPS) is 20.5. The molecule has 6 heteroatoms. The number of carboxylic acid groups (broad SMARTS) is 1. The molecule has 0 aromatic heterocycles. The summed E-state index contributed by atoms with van der Waals surface area (Å²) in [4.78, 5) is 24.4. The number of piperidine rings is 1. The maximum absolute atomic E-state index is 11.9. The van der Waals surface area contributed by atoms with Crippen LogP contribution in [0, 0.1) is 5.92 Å². The van der Waals surface area contributed by atoms with Crippen LogP contribution < -0.4 is 0 Å². The van der Waals surface area contributed by atoms with Crippen molar-refractivity contribution in [3.63, 3.8) is 0 Å². The molecule has 18 heavy (non-hydrogen) atoms. The topological polar surface area (TPSA) is 77.8 Å². The Bertz CT molecular complexity index is 300. The number of aliphatic hydroxyl groups excluding tert-OH is 1. The predicted octanol–water partition coefficient (Wildman–Crippen LogP) is 0.812. The van der Waals surface area contributed by atoms with Crippen LogP contribution in [0.4, 0.5) is 0 Å². The number of aliphatic carboxylic acids is 1. The number of carboxylic acids is 1. The van der Waals surface area contributed by atoms with E-state index in [1.807, 2.05) is 6.92 Å². The highest BCUT2D eigenvalue weighted by molar-refractivity contribution is 8.00. The van der Waals surface area contributed by atoms with Gasteiger partial charge in [-0.15, -0.1) is 11.8 Å². The van der Waals surface area contributed by atoms with E-state index in [0.717, 1.165) is 0 Å². The van der Waals surface area contributed by atoms with E-state index in [0.29, 0.717) is 31.7 Å². The average Bonchev–Trinajstić information content (AvgIpc) is 2.35. The second-order valence-corrected chi connectivity index (χ2v) is 6.12. The molecule has 0 radical (unpaired) electrons. The highest BCUT2D eigenvalue weighted by Crippen LogP contribution is 2.20. The molecule has 1 amide bonds. The van der Waals surface area contributed by atoms with Crippen molar-refractivity contribution in [1.82, 2.24) is 4.90 Å². The van der Waals surface area contributed by atoms with Gasteiger partial charge in [0.25, 0.3) is 0 Å². The molecule has 5 nitrogen and oxygen atoms in total. The largest absolute Gasteiger partial charge is 0.481 e. The molecule has 2 atom stereocenters. The molecule has 2 unspecified atom stereocenters. The van der Waals surface area contributed by atoms with Gasteiger partial charge in [0.05, 0.1) is 17.8 Å². The van der Waals surface area contributed by atoms with Gasteiger partial charge in [0, 0.05) is 18.3 Å². The Hall–Kier alpha value is -0.750. The van der Waals surface area contributed by atoms with Crippen LogP contribution in [-0.2, 0) is 9.59 Å². The summed E-state index contributed by atoms with van der Waals surface area (Å²) < 4.78 is 0. The molecular weight excluding hydrogens is 254 g/mol. The monoisotopic (exact) mass is 275 g/mol. The Morgan fingerprint density at radius 3 is 2.33 bits per heavy atom. The SMILES string of the molecule is CC(O)C(C)SCC(=O)N1CCC(C(=O)O)CC1. The fourth-order valence-corrected chi connectivity index (χ4v) is 2.68. The van der Waals surface area contributed by atoms with E-state index in [1.54, 1.807) is 11.8 Å². The third-order valence-corrected chi connectivity index (χ3v) is 4.68. The quantitative estimate of drug-likeness (QED) is 0.776. The minimum atomic E-state index is -0.765. The van der Waals surface area contributed by atoms with Crippen LogP contribution in [0.25, 0.3) is 0 Å². The van der Waals surface area contributed by atoms with Crippen molar-refractivity contribution in [3.8, 4) is 0 Å². The van der Waals surface area contributed by atoms with Crippen molar-refractivity contribution in [2.75, 3.05) is 18.8 Å². The van der Waals surface area contributed by atoms with Crippen molar-refractivity contribution in [2.24, 2.45) is 5.92 Å². The second kappa shape index (κ2) is 6.99. The van der Waals surface area contributed by atoms with Crippen molar-refractivity contribution in [2.45, 2.75) is 38.0 Å². The van der Waals surface area contributed by atoms with Gasteiger partial charge in [-0.25, -0.2) is 0 Å². The van der Waals surface area contributed by atoms with E-state index in [9.17, 15) is 14.7 Å². The molecule has 1 saturated heterocycles. The van der Waals surface area contributed by atoms with Crippen molar-refractivity contribution >= 4 is 23.6 Å². The third kappa shape index (κ3) is 4.49. The summed E-state index contributed by atoms with van der Waals surface area (Å²) in [6.07, 6.45) is 0.649. The fourth-order valence-electron chi connectivity index (χ4n) is 1.81. The van der Waals surface area contributed by atoms with E-state index in [4.69, 9.17) is 5.11 Å². The van der Waals surface area contributed by atoms with Crippen LogP contribution in [-0.4, -0.2) is 57.2 Å². The third-order valence-electron chi connectivity index (χ3n) is 3.35. The zero-order valence-corrected chi connectivity index (χ0v) is 11.7. The van der Waals surface area contributed by atoms with E-state index < -0.39 is 12.1 Å². The number of amides is 1. The Morgan fingerprint density at radius 1 is 1.33 bits per heavy atom. The van der Waals surface area contributed by atoms with Gasteiger partial charge >= 0.3 is 5.97 Å². The fraction of sp³-hybridized carbons (Fsp3) is 0.833. The van der Waals surface area contributed by atoms with E-state index in [2.05, 4.69) is 0 Å². The standard InChI is InChI=1S/C12H21NO4S/c1-8(14)9(2)18-7-11(15)13-5-3-10(4-6-13)12(16)17/h8-10,14H,3-7H2,1-2H3,(H,16,17). The number of nitrogens with zero attached hydrogens (tertiary/aromatic N) is 1. The molecule has 2 N–H and O–H groups in total. The zero-order chi connectivity index (χ0) is 13.7. The molecule has 1 aliphatic rings. The number of carbonyl (C=O) groups is 2. The number of carbonyl (C=O) groups excluding carboxylic acids is 1. The van der Waals surface area contributed by atoms with Crippen LogP contribution in [0.1, 0.15) is 26.7 Å². The summed E-state index contributed by atoms with van der Waals surface area (Å²) in [6.45, 7) is 4.65. The van der Waals surface area contributed by atoms with Crippen LogP contribution in [0.15, 0.2) is 0 Å². The number of rotatable bonds is 5. The lowest BCUT2D eigenvalue weighted by atomic mass is 9.97. The first-order chi connectivity index (χ1) is 8.41. The number of aliphatic hydroxyl groups is 1. The predicted molar refractivity (Wildman–Crippen MR) is 70.5 cm³/mol. The molecule has 0 saturated carbocycles. The van der Waals surface area contributed by atoms with Gasteiger partial charge in [0.2, 0.25) is 5.91 Å². The van der Waals surface area contributed by atoms with Crippen molar-refractivity contribution in [1.29, 1.82) is 0 Å². The number of hydrogen-bond donors (Lipinski definition) is 2. The van der Waals surface area contributed by atoms with E-state index in [1.165, 1.54) is 11.8 Å². The maximum atomic E-state index is 11.9. The van der Waals surface area contributed by atoms with Gasteiger partial charge in [0.1, 0.15) is 0 Å². The van der Waals surface area contributed by atoms with Gasteiger partial charge < -0.3 is 15.1 Å². The zero-order valence-electron chi connectivity index (χ0n) is 10.8. The van der Waals surface area contributed by atoms with Gasteiger partial charge in [-0.1, -0.05) is 6.92 Å². The average molecular weight is 275 g/mol. The van der Waals surface area contributed by atoms with Crippen LogP contribution in [0.2, 0.25) is 0 Å². The van der Waals surface area contributed by atoms with E-state index >= 15 is 0 Å². The lowest BCUT2D eigenvalue weighted by Crippen LogP contribution is -2.41. The first-order valence-electron chi connectivity index (χ1n) is 6.22. The molecular formula is C12H21NO4S. The first kappa shape index (κ1) is 15.3. The lowest BCUT2D eigenvalue weighted by Gasteiger charge is -2.30. The number of hydrogen-bond acceptors (Lipinski definition) is 4. The van der Waals surface area contributed by atoms with Crippen molar-refractivity contribution < 1.29 is 19.8 Å². The highest BCUT2D eigenvalue weighted by atomic mass is 32.2. The molecule has 0 spiro atoms. The lowest BCUT2D eigenvalue weighted by molar-refractivity contribution is -0.145. The first-order valence-corrected chi connectivity index (χ1v) is 7.27. The molecule has 104 valence electrons. The number of thioether (sulfide) groups is 1. The minimum absolute atomic E-state index is 0.0329. The summed E-state index contributed by atoms with van der Waals surface area (Å²) in [7, 11) is 0. The summed E-state index contributed by atoms with van der Waals surface area (Å²) >= 11 is 1.44. The highest BCUT2D eigenvalue weighted by Gasteiger charge is 2.27. The molecule has 1 rings (SSSR count). The minimum Gasteiger partial charge on any atom is -0.481 e. The summed E-state index contributed by atoms with van der Waals surface area (Å²) in [5.41, 5.74) is 0. The van der Waals surface area contributed by atoms with Crippen LogP contribution in [0.3, 0.4) is 0 Å². The summed E-state index contributed by atoms with van der Waals surface area (Å²) in [5, 5.41) is 18.2. The summed E-state index contributed by atoms with van der Waals surface area (Å²) in [5.74, 6) is -0.683. The smallest absolute Gasteiger partial charge is 0.306 e. The Balaban J connectivity index is 2.30. The molecule has 0 aromatic rings. The van der Waals surface area contributed by atoms with Crippen molar-refractivity contribution in [3.05, 3.63) is 0 Å². The van der Waals surface area contributed by atoms with Gasteiger partial charge in [-0.3, -0.25) is 9.59 Å². The Kier molecular flexibility index (Phi) is 5.95. The molecule has 0 bridgehead atoms. The van der Waals surface area contributed by atoms with Gasteiger partial charge in [-0.05, 0) is 19.8 Å². The Labute approximate surface area is 112 Å². The molecule has 1 aliphatic heterocycles. The second-order valence-electron chi connectivity index (χ2n) is 4.75. The van der Waals surface area contributed by atoms with Crippen LogP contribution >= 0.6 is 11.8 Å². The van der Waals surface area contributed by atoms with Crippen LogP contribution in [0.5, 0.6) is 0 Å². The molecule has 0 aliphatic carbocycles. The molecule has 1 heterocycles. The number of likely N-dealkylation sites (tertiary alicyclic amines) is 1. The Morgan fingerprint density at radius 2 is 1.89 bits per heavy atom. The molecule has 1 fully saturated rings. The van der Waals surface area contributed by atoms with Gasteiger partial charge in [-0.2, -0.15) is 0 Å².